The van der Waals surface area contributed by atoms with Crippen molar-refractivity contribution >= 4 is 17.9 Å². The van der Waals surface area contributed by atoms with Crippen LogP contribution in [-0.2, 0) is 16.1 Å². The number of rotatable bonds is 8. The number of nitrogens with one attached hydrogen (secondary N) is 3. The van der Waals surface area contributed by atoms with Crippen molar-refractivity contribution < 1.29 is 23.2 Å². The second-order valence-electron chi connectivity index (χ2n) is 7.23. The molecule has 0 fully saturated rings. The lowest BCUT2D eigenvalue weighted by Gasteiger charge is -2.22. The molecule has 0 saturated heterocycles. The van der Waals surface area contributed by atoms with Gasteiger partial charge in [-0.25, -0.2) is 14.0 Å². The van der Waals surface area contributed by atoms with Crippen LogP contribution in [0.5, 0.6) is 0 Å². The Morgan fingerprint density at radius 2 is 2.13 bits per heavy atom. The summed E-state index contributed by atoms with van der Waals surface area (Å²) >= 11 is 0. The number of amides is 2. The molecular formula is C16H23FN8O5. The van der Waals surface area contributed by atoms with Crippen molar-refractivity contribution in [2.24, 2.45) is 0 Å². The SMILES string of the molecule is Cc1noc(=O)n1CC(F)=CCC[C@H](NC(=O)OC(C)(C)C)C(=O)Nc1nn[nH]n1. The molecule has 164 valence electrons. The molecule has 0 unspecified atom stereocenters. The van der Waals surface area contributed by atoms with Crippen LogP contribution in [0.4, 0.5) is 15.1 Å². The van der Waals surface area contributed by atoms with Gasteiger partial charge >= 0.3 is 11.8 Å². The zero-order valence-corrected chi connectivity index (χ0v) is 16.9. The summed E-state index contributed by atoms with van der Waals surface area (Å²) in [6, 6.07) is -1.07. The molecule has 0 bridgehead atoms. The summed E-state index contributed by atoms with van der Waals surface area (Å²) in [4.78, 5) is 35.9. The first-order valence-electron chi connectivity index (χ1n) is 8.96. The average Bonchev–Trinajstić information content (AvgIpc) is 3.24. The topological polar surface area (TPSA) is 170 Å². The minimum atomic E-state index is -1.07. The van der Waals surface area contributed by atoms with Crippen LogP contribution in [0, 0.1) is 6.92 Å². The van der Waals surface area contributed by atoms with E-state index in [1.54, 1.807) is 20.8 Å². The highest BCUT2D eigenvalue weighted by atomic mass is 19.1. The number of aromatic nitrogens is 6. The highest BCUT2D eigenvalue weighted by Gasteiger charge is 2.25. The van der Waals surface area contributed by atoms with Gasteiger partial charge in [0, 0.05) is 0 Å². The minimum Gasteiger partial charge on any atom is -0.444 e. The van der Waals surface area contributed by atoms with E-state index < -0.39 is 35.2 Å². The maximum atomic E-state index is 14.2. The molecule has 2 aromatic rings. The third-order valence-electron chi connectivity index (χ3n) is 3.58. The summed E-state index contributed by atoms with van der Waals surface area (Å²) in [6.45, 7) is 6.17. The number of halogens is 1. The quantitative estimate of drug-likeness (QED) is 0.553. The van der Waals surface area contributed by atoms with Crippen molar-refractivity contribution in [3.05, 3.63) is 28.3 Å². The molecule has 0 aliphatic carbocycles. The molecule has 1 atom stereocenters. The molecule has 13 nitrogen and oxygen atoms in total. The fourth-order valence-corrected chi connectivity index (χ4v) is 2.27. The molecule has 0 saturated carbocycles. The van der Waals surface area contributed by atoms with E-state index in [1.807, 2.05) is 0 Å². The summed E-state index contributed by atoms with van der Waals surface area (Å²) in [5.41, 5.74) is -0.769. The number of aromatic amines is 1. The number of carbonyl (C=O) groups is 2. The first kappa shape index (κ1) is 22.7. The number of hydrogen-bond acceptors (Lipinski definition) is 9. The van der Waals surface area contributed by atoms with Crippen molar-refractivity contribution in [3.8, 4) is 0 Å². The van der Waals surface area contributed by atoms with Gasteiger partial charge in [-0.1, -0.05) is 16.3 Å². The number of carbonyl (C=O) groups excluding carboxylic acids is 2. The number of ether oxygens (including phenoxy) is 1. The molecule has 0 spiro atoms. The predicted octanol–water partition coefficient (Wildman–Crippen LogP) is 0.823. The summed E-state index contributed by atoms with van der Waals surface area (Å²) in [5, 5.41) is 20.9. The largest absolute Gasteiger partial charge is 0.444 e. The highest BCUT2D eigenvalue weighted by Crippen LogP contribution is 2.10. The van der Waals surface area contributed by atoms with Crippen LogP contribution in [0.3, 0.4) is 0 Å². The molecule has 14 heteroatoms. The van der Waals surface area contributed by atoms with E-state index in [1.165, 1.54) is 13.0 Å². The number of alkyl carbamates (subject to hydrolysis) is 1. The summed E-state index contributed by atoms with van der Waals surface area (Å²) in [5.74, 6) is -1.90. The van der Waals surface area contributed by atoms with Crippen LogP contribution in [0.25, 0.3) is 0 Å². The first-order valence-corrected chi connectivity index (χ1v) is 8.96. The Morgan fingerprint density at radius 1 is 1.40 bits per heavy atom. The van der Waals surface area contributed by atoms with Crippen LogP contribution in [0.1, 0.15) is 39.4 Å². The summed E-state index contributed by atoms with van der Waals surface area (Å²) < 4.78 is 24.8. The van der Waals surface area contributed by atoms with Crippen LogP contribution in [-0.4, -0.2) is 54.0 Å². The van der Waals surface area contributed by atoms with Gasteiger partial charge in [-0.15, -0.1) is 5.10 Å². The minimum absolute atomic E-state index is 0.0356. The molecule has 0 aliphatic heterocycles. The van der Waals surface area contributed by atoms with E-state index in [0.717, 1.165) is 4.57 Å². The Labute approximate surface area is 170 Å². The molecule has 2 heterocycles. The molecule has 0 radical (unpaired) electrons. The molecule has 0 aliphatic rings. The maximum absolute atomic E-state index is 14.2. The fourth-order valence-electron chi connectivity index (χ4n) is 2.27. The Balaban J connectivity index is 2.01. The second kappa shape index (κ2) is 9.76. The van der Waals surface area contributed by atoms with E-state index >= 15 is 0 Å². The lowest BCUT2D eigenvalue weighted by molar-refractivity contribution is -0.118. The Hall–Kier alpha value is -3.58. The Morgan fingerprint density at radius 3 is 2.70 bits per heavy atom. The number of tetrazole rings is 1. The van der Waals surface area contributed by atoms with Crippen molar-refractivity contribution in [2.45, 2.75) is 58.7 Å². The molecule has 2 rings (SSSR count). The van der Waals surface area contributed by atoms with Crippen LogP contribution >= 0.6 is 0 Å². The van der Waals surface area contributed by atoms with Gasteiger partial charge in [0.15, 0.2) is 5.82 Å². The highest BCUT2D eigenvalue weighted by molar-refractivity contribution is 5.95. The van der Waals surface area contributed by atoms with Gasteiger partial charge in [0.1, 0.15) is 17.5 Å². The normalized spacial score (nSPS) is 13.0. The van der Waals surface area contributed by atoms with Gasteiger partial charge in [0.2, 0.25) is 5.91 Å². The number of allylic oxidation sites excluding steroid dienone is 2. The van der Waals surface area contributed by atoms with Crippen LogP contribution in [0.2, 0.25) is 0 Å². The van der Waals surface area contributed by atoms with Gasteiger partial charge in [-0.05, 0) is 45.7 Å². The van der Waals surface area contributed by atoms with Crippen LogP contribution in [0.15, 0.2) is 21.2 Å². The van der Waals surface area contributed by atoms with Gasteiger partial charge in [-0.3, -0.25) is 19.2 Å². The molecule has 2 aromatic heterocycles. The second-order valence-corrected chi connectivity index (χ2v) is 7.23. The summed E-state index contributed by atoms with van der Waals surface area (Å²) in [7, 11) is 0. The monoisotopic (exact) mass is 426 g/mol. The van der Waals surface area contributed by atoms with Crippen LogP contribution < -0.4 is 16.4 Å². The van der Waals surface area contributed by atoms with Gasteiger partial charge in [0.25, 0.3) is 5.95 Å². The molecular weight excluding hydrogens is 403 g/mol. The number of aryl methyl sites for hydroxylation is 1. The third-order valence-corrected chi connectivity index (χ3v) is 3.58. The molecule has 0 aromatic carbocycles. The van der Waals surface area contributed by atoms with E-state index in [9.17, 15) is 18.8 Å². The van der Waals surface area contributed by atoms with Crippen molar-refractivity contribution in [1.82, 2.24) is 35.7 Å². The predicted molar refractivity (Wildman–Crippen MR) is 99.9 cm³/mol. The molecule has 3 N–H and O–H groups in total. The third kappa shape index (κ3) is 7.10. The van der Waals surface area contributed by atoms with Gasteiger partial charge in [-0.2, -0.15) is 5.21 Å². The number of H-pyrrole nitrogens is 1. The van der Waals surface area contributed by atoms with Gasteiger partial charge in [0.05, 0.1) is 6.54 Å². The van der Waals surface area contributed by atoms with Crippen molar-refractivity contribution in [3.63, 3.8) is 0 Å². The number of anilines is 1. The maximum Gasteiger partial charge on any atom is 0.441 e. The number of nitrogens with zero attached hydrogens (tertiary/aromatic N) is 5. The molecule has 30 heavy (non-hydrogen) atoms. The van der Waals surface area contributed by atoms with E-state index in [2.05, 4.69) is 40.9 Å². The summed E-state index contributed by atoms with van der Waals surface area (Å²) in [6.07, 6.45) is 0.496. The van der Waals surface area contributed by atoms with Crippen molar-refractivity contribution in [1.29, 1.82) is 0 Å². The lowest BCUT2D eigenvalue weighted by Crippen LogP contribution is -2.45. The van der Waals surface area contributed by atoms with E-state index in [-0.39, 0.29) is 31.2 Å². The first-order chi connectivity index (χ1) is 14.0. The van der Waals surface area contributed by atoms with E-state index in [0.29, 0.717) is 0 Å². The lowest BCUT2D eigenvalue weighted by atomic mass is 10.1. The smallest absolute Gasteiger partial charge is 0.441 e. The Bertz CT molecular complexity index is 944. The average molecular weight is 426 g/mol. The zero-order chi connectivity index (χ0) is 22.3. The van der Waals surface area contributed by atoms with Gasteiger partial charge < -0.3 is 10.1 Å². The van der Waals surface area contributed by atoms with E-state index in [4.69, 9.17) is 4.74 Å². The zero-order valence-electron chi connectivity index (χ0n) is 16.9. The molecule has 2 amide bonds. The fraction of sp³-hybridized carbons (Fsp3) is 0.562. The Kier molecular flexibility index (Phi) is 7.38. The number of hydrogen-bond donors (Lipinski definition) is 3. The van der Waals surface area contributed by atoms with Crippen molar-refractivity contribution in [2.75, 3.05) is 5.32 Å². The standard InChI is InChI=1S/C16H23FN8O5/c1-9-22-30-15(28)25(9)8-10(17)6-5-7-11(18-14(27)29-16(2,3)4)12(26)19-13-20-23-24-21-13/h6,11H,5,7-8H2,1-4H3,(H,18,27)(H2,19,20,21,23,24,26)/t11-/m0/s1.